The van der Waals surface area contributed by atoms with Crippen molar-refractivity contribution in [3.05, 3.63) is 65.5 Å². The molecule has 0 bridgehead atoms. The van der Waals surface area contributed by atoms with Gasteiger partial charge in [0.1, 0.15) is 17.2 Å². The molecule has 1 fully saturated rings. The lowest BCUT2D eigenvalue weighted by atomic mass is 9.85. The van der Waals surface area contributed by atoms with Gasteiger partial charge in [-0.15, -0.1) is 0 Å². The fourth-order valence-electron chi connectivity index (χ4n) is 3.59. The maximum Gasteiger partial charge on any atom is 0.411 e. The van der Waals surface area contributed by atoms with Crippen molar-refractivity contribution in [3.63, 3.8) is 0 Å². The zero-order valence-corrected chi connectivity index (χ0v) is 15.7. The number of carbonyl (C=O) groups is 1. The van der Waals surface area contributed by atoms with Gasteiger partial charge in [-0.1, -0.05) is 24.3 Å². The van der Waals surface area contributed by atoms with Gasteiger partial charge in [-0.3, -0.25) is 0 Å². The summed E-state index contributed by atoms with van der Waals surface area (Å²) < 4.78 is 24.4. The van der Waals surface area contributed by atoms with Gasteiger partial charge < -0.3 is 20.1 Å². The molecule has 1 amide bonds. The normalized spacial score (nSPS) is 20.9. The molecule has 5 nitrogen and oxygen atoms in total. The van der Waals surface area contributed by atoms with Crippen molar-refractivity contribution in [2.24, 2.45) is 5.73 Å². The van der Waals surface area contributed by atoms with E-state index in [4.69, 9.17) is 15.2 Å². The van der Waals surface area contributed by atoms with Crippen LogP contribution in [-0.4, -0.2) is 31.2 Å². The number of hydrogen-bond donors (Lipinski definition) is 1. The molecule has 0 spiro atoms. The Balaban J connectivity index is 1.79. The van der Waals surface area contributed by atoms with Crippen LogP contribution in [0.1, 0.15) is 36.9 Å². The number of rotatable bonds is 6. The predicted octanol–water partition coefficient (Wildman–Crippen LogP) is 3.98. The van der Waals surface area contributed by atoms with Crippen LogP contribution in [-0.2, 0) is 10.3 Å². The molecule has 3 rings (SSSR count). The first-order chi connectivity index (χ1) is 13.0. The maximum absolute atomic E-state index is 13.3. The van der Waals surface area contributed by atoms with Crippen LogP contribution >= 0.6 is 0 Å². The maximum atomic E-state index is 13.3. The highest BCUT2D eigenvalue weighted by atomic mass is 19.1. The molecule has 1 aliphatic rings. The molecule has 0 aliphatic carbocycles. The number of benzene rings is 2. The second-order valence-corrected chi connectivity index (χ2v) is 6.80. The van der Waals surface area contributed by atoms with Crippen molar-refractivity contribution < 1.29 is 18.7 Å². The Bertz CT molecular complexity index is 779. The van der Waals surface area contributed by atoms with Crippen molar-refractivity contribution >= 4 is 6.09 Å². The van der Waals surface area contributed by atoms with Crippen molar-refractivity contribution in [3.8, 4) is 5.75 Å². The molecule has 2 aromatic carbocycles. The molecule has 1 saturated heterocycles. The van der Waals surface area contributed by atoms with Crippen molar-refractivity contribution in [1.82, 2.24) is 4.90 Å². The van der Waals surface area contributed by atoms with Gasteiger partial charge in [0.15, 0.2) is 0 Å². The predicted molar refractivity (Wildman–Crippen MR) is 101 cm³/mol. The van der Waals surface area contributed by atoms with Crippen LogP contribution in [0.25, 0.3) is 0 Å². The topological polar surface area (TPSA) is 64.8 Å². The van der Waals surface area contributed by atoms with Gasteiger partial charge in [0.05, 0.1) is 13.2 Å². The van der Waals surface area contributed by atoms with Crippen molar-refractivity contribution in [2.45, 2.75) is 31.4 Å². The molecule has 2 atom stereocenters. The molecule has 1 heterocycles. The Morgan fingerprint density at radius 2 is 1.89 bits per heavy atom. The summed E-state index contributed by atoms with van der Waals surface area (Å²) in [5.41, 5.74) is 6.75. The van der Waals surface area contributed by atoms with E-state index in [1.54, 1.807) is 24.1 Å². The Labute approximate surface area is 158 Å². The van der Waals surface area contributed by atoms with Crippen LogP contribution in [0.4, 0.5) is 9.18 Å². The SMILES string of the molecule is COc1ccc([C@H](C)N2CCC(CCN)(c3ccc(F)cc3)OC2=O)cc1. The number of halogens is 1. The fraction of sp³-hybridized carbons (Fsp3) is 0.381. The molecule has 0 aromatic heterocycles. The Morgan fingerprint density at radius 1 is 1.22 bits per heavy atom. The zero-order valence-electron chi connectivity index (χ0n) is 15.7. The molecule has 144 valence electrons. The zero-order chi connectivity index (χ0) is 19.4. The van der Waals surface area contributed by atoms with E-state index in [1.165, 1.54) is 12.1 Å². The minimum atomic E-state index is -0.810. The Kier molecular flexibility index (Phi) is 5.65. The number of methoxy groups -OCH3 is 1. The number of ether oxygens (including phenoxy) is 2. The summed E-state index contributed by atoms with van der Waals surface area (Å²) in [5.74, 6) is 0.448. The highest BCUT2D eigenvalue weighted by Gasteiger charge is 2.43. The summed E-state index contributed by atoms with van der Waals surface area (Å²) in [6.07, 6.45) is 0.708. The van der Waals surface area contributed by atoms with E-state index >= 15 is 0 Å². The first kappa shape index (κ1) is 19.2. The van der Waals surface area contributed by atoms with E-state index in [-0.39, 0.29) is 18.0 Å². The van der Waals surface area contributed by atoms with E-state index in [0.717, 1.165) is 16.9 Å². The van der Waals surface area contributed by atoms with Crippen LogP contribution in [0.5, 0.6) is 5.75 Å². The van der Waals surface area contributed by atoms with Crippen LogP contribution in [0.15, 0.2) is 48.5 Å². The molecular formula is C21H25FN2O3. The first-order valence-corrected chi connectivity index (χ1v) is 9.09. The smallest absolute Gasteiger partial charge is 0.411 e. The largest absolute Gasteiger partial charge is 0.497 e. The van der Waals surface area contributed by atoms with Crippen LogP contribution in [0.3, 0.4) is 0 Å². The van der Waals surface area contributed by atoms with Gasteiger partial charge >= 0.3 is 6.09 Å². The molecule has 1 unspecified atom stereocenters. The lowest BCUT2D eigenvalue weighted by Gasteiger charge is -2.43. The molecule has 0 radical (unpaired) electrons. The number of nitrogens with two attached hydrogens (primary N) is 1. The monoisotopic (exact) mass is 372 g/mol. The molecule has 2 N–H and O–H groups in total. The minimum Gasteiger partial charge on any atom is -0.497 e. The standard InChI is InChI=1S/C21H25FN2O3/c1-15(16-3-9-19(26-2)10-4-16)24-14-12-21(11-13-23,27-20(24)25)17-5-7-18(22)8-6-17/h3-10,15H,11-14,23H2,1-2H3/t15-,21?/m0/s1. The molecule has 6 heteroatoms. The molecule has 2 aromatic rings. The third-order valence-electron chi connectivity index (χ3n) is 5.26. The van der Waals surface area contributed by atoms with Gasteiger partial charge in [-0.2, -0.15) is 0 Å². The van der Waals surface area contributed by atoms with E-state index in [9.17, 15) is 9.18 Å². The number of carbonyl (C=O) groups excluding carboxylic acids is 1. The van der Waals surface area contributed by atoms with E-state index in [0.29, 0.717) is 25.9 Å². The second-order valence-electron chi connectivity index (χ2n) is 6.80. The third kappa shape index (κ3) is 3.90. The summed E-state index contributed by atoms with van der Waals surface area (Å²) >= 11 is 0. The Morgan fingerprint density at radius 3 is 2.44 bits per heavy atom. The summed E-state index contributed by atoms with van der Waals surface area (Å²) in [6, 6.07) is 13.6. The number of hydrogen-bond acceptors (Lipinski definition) is 4. The summed E-state index contributed by atoms with van der Waals surface area (Å²) in [4.78, 5) is 14.5. The highest BCUT2D eigenvalue weighted by molar-refractivity contribution is 5.70. The van der Waals surface area contributed by atoms with Crippen molar-refractivity contribution in [2.75, 3.05) is 20.2 Å². The number of nitrogens with zero attached hydrogens (tertiary/aromatic N) is 1. The summed E-state index contributed by atoms with van der Waals surface area (Å²) in [5, 5.41) is 0. The molecular weight excluding hydrogens is 347 g/mol. The molecule has 1 aliphatic heterocycles. The lowest BCUT2D eigenvalue weighted by Crippen LogP contribution is -2.49. The molecule has 27 heavy (non-hydrogen) atoms. The first-order valence-electron chi connectivity index (χ1n) is 9.09. The van der Waals surface area contributed by atoms with Crippen LogP contribution < -0.4 is 10.5 Å². The quantitative estimate of drug-likeness (QED) is 0.833. The number of amides is 1. The van der Waals surface area contributed by atoms with E-state index in [2.05, 4.69) is 0 Å². The third-order valence-corrected chi connectivity index (χ3v) is 5.26. The number of cyclic esters (lactones) is 1. The van der Waals surface area contributed by atoms with E-state index in [1.807, 2.05) is 31.2 Å². The van der Waals surface area contributed by atoms with Crippen LogP contribution in [0.2, 0.25) is 0 Å². The second kappa shape index (κ2) is 7.96. The van der Waals surface area contributed by atoms with Crippen LogP contribution in [0, 0.1) is 5.82 Å². The molecule has 0 saturated carbocycles. The van der Waals surface area contributed by atoms with Crippen molar-refractivity contribution in [1.29, 1.82) is 0 Å². The lowest BCUT2D eigenvalue weighted by molar-refractivity contribution is -0.0640. The van der Waals surface area contributed by atoms with Gasteiger partial charge in [0, 0.05) is 19.4 Å². The van der Waals surface area contributed by atoms with Gasteiger partial charge in [0.2, 0.25) is 0 Å². The van der Waals surface area contributed by atoms with E-state index < -0.39 is 5.60 Å². The summed E-state index contributed by atoms with van der Waals surface area (Å²) in [7, 11) is 1.62. The Hall–Kier alpha value is -2.60. The van der Waals surface area contributed by atoms with Gasteiger partial charge in [0.25, 0.3) is 0 Å². The summed E-state index contributed by atoms with van der Waals surface area (Å²) in [6.45, 7) is 2.87. The average Bonchev–Trinajstić information content (AvgIpc) is 2.68. The fourth-order valence-corrected chi connectivity index (χ4v) is 3.59. The van der Waals surface area contributed by atoms with Gasteiger partial charge in [-0.25, -0.2) is 9.18 Å². The highest BCUT2D eigenvalue weighted by Crippen LogP contribution is 2.39. The minimum absolute atomic E-state index is 0.132. The average molecular weight is 372 g/mol. The van der Waals surface area contributed by atoms with Gasteiger partial charge in [-0.05, 0) is 48.9 Å².